The minimum atomic E-state index is -1.03. The number of benzene rings is 3. The first kappa shape index (κ1) is 24.1. The zero-order valence-corrected chi connectivity index (χ0v) is 21.3. The highest BCUT2D eigenvalue weighted by Gasteiger charge is 2.60. The van der Waals surface area contributed by atoms with Crippen LogP contribution in [-0.2, 0) is 14.4 Å². The largest absolute Gasteiger partial charge is 0.503 e. The van der Waals surface area contributed by atoms with Crippen molar-refractivity contribution in [1.82, 2.24) is 0 Å². The molecule has 0 bridgehead atoms. The van der Waals surface area contributed by atoms with Crippen LogP contribution in [0.15, 0.2) is 71.2 Å². The summed E-state index contributed by atoms with van der Waals surface area (Å²) in [6.45, 7) is 4.40. The number of amides is 2. The molecule has 3 unspecified atom stereocenters. The van der Waals surface area contributed by atoms with Crippen molar-refractivity contribution in [3.63, 3.8) is 0 Å². The zero-order chi connectivity index (χ0) is 25.4. The van der Waals surface area contributed by atoms with Gasteiger partial charge in [0.2, 0.25) is 5.91 Å². The van der Waals surface area contributed by atoms with E-state index in [1.165, 1.54) is 0 Å². The number of carbonyl (C=O) groups excluding carboxylic acids is 2. The molecule has 2 aliphatic heterocycles. The highest BCUT2D eigenvalue weighted by atomic mass is 79.9. The van der Waals surface area contributed by atoms with Crippen molar-refractivity contribution in [2.75, 3.05) is 23.2 Å². The van der Waals surface area contributed by atoms with E-state index in [1.54, 1.807) is 41.5 Å². The fraction of sp³-hybridized carbons (Fsp3) is 0.259. The van der Waals surface area contributed by atoms with Gasteiger partial charge >= 0.3 is 0 Å². The van der Waals surface area contributed by atoms with E-state index in [4.69, 9.17) is 14.3 Å². The van der Waals surface area contributed by atoms with Gasteiger partial charge in [0.15, 0.2) is 17.6 Å². The van der Waals surface area contributed by atoms with Gasteiger partial charge in [0.1, 0.15) is 11.7 Å². The van der Waals surface area contributed by atoms with E-state index in [-0.39, 0.29) is 17.4 Å². The molecule has 3 aromatic carbocycles. The lowest BCUT2D eigenvalue weighted by Crippen LogP contribution is -2.37. The molecule has 3 aromatic rings. The third-order valence-corrected chi connectivity index (χ3v) is 6.83. The second-order valence-corrected chi connectivity index (χ2v) is 9.21. The van der Waals surface area contributed by atoms with Crippen LogP contribution in [0.1, 0.15) is 25.5 Å². The molecule has 9 heteroatoms. The molecule has 0 aromatic heterocycles. The predicted octanol–water partition coefficient (Wildman–Crippen LogP) is 5.00. The number of aromatic hydroxyl groups is 1. The van der Waals surface area contributed by atoms with Crippen LogP contribution in [-0.4, -0.2) is 36.2 Å². The van der Waals surface area contributed by atoms with Crippen molar-refractivity contribution >= 4 is 39.1 Å². The average molecular weight is 553 g/mol. The number of hydrogen-bond acceptors (Lipinski definition) is 7. The highest BCUT2D eigenvalue weighted by Crippen LogP contribution is 2.50. The predicted molar refractivity (Wildman–Crippen MR) is 137 cm³/mol. The van der Waals surface area contributed by atoms with E-state index in [1.807, 2.05) is 44.2 Å². The van der Waals surface area contributed by atoms with Gasteiger partial charge in [-0.05, 0) is 71.7 Å². The van der Waals surface area contributed by atoms with Crippen molar-refractivity contribution in [2.24, 2.45) is 5.92 Å². The smallest absolute Gasteiger partial charge is 0.266 e. The first-order chi connectivity index (χ1) is 17.5. The van der Waals surface area contributed by atoms with Gasteiger partial charge in [-0.15, -0.1) is 0 Å². The molecular weight excluding hydrogens is 528 g/mol. The summed E-state index contributed by atoms with van der Waals surface area (Å²) in [6, 6.07) is 19.0. The minimum Gasteiger partial charge on any atom is -0.503 e. The van der Waals surface area contributed by atoms with Gasteiger partial charge in [0.05, 0.1) is 35.1 Å². The number of carbonyl (C=O) groups is 2. The quantitative estimate of drug-likeness (QED) is 0.412. The number of para-hydroxylation sites is 3. The molecule has 8 nitrogen and oxygen atoms in total. The van der Waals surface area contributed by atoms with Crippen molar-refractivity contribution in [1.29, 1.82) is 0 Å². The van der Waals surface area contributed by atoms with Crippen LogP contribution < -0.4 is 19.4 Å². The van der Waals surface area contributed by atoms with E-state index in [0.717, 1.165) is 4.90 Å². The number of hydrogen-bond donors (Lipinski definition) is 1. The number of anilines is 2. The Morgan fingerprint density at radius 2 is 1.58 bits per heavy atom. The Balaban J connectivity index is 1.62. The van der Waals surface area contributed by atoms with Gasteiger partial charge < -0.3 is 14.6 Å². The SMILES string of the molecule is CCOc1ccccc1N1C(=O)C2ON(c3ccccc3)C(c3cc(Br)c(O)c(OCC)c3)C2C1=O. The Kier molecular flexibility index (Phi) is 6.59. The lowest BCUT2D eigenvalue weighted by Gasteiger charge is -2.29. The molecule has 3 atom stereocenters. The van der Waals surface area contributed by atoms with Crippen molar-refractivity contribution < 1.29 is 29.0 Å². The number of rotatable bonds is 7. The summed E-state index contributed by atoms with van der Waals surface area (Å²) in [4.78, 5) is 34.9. The average Bonchev–Trinajstić information content (AvgIpc) is 3.39. The van der Waals surface area contributed by atoms with Crippen LogP contribution in [0.4, 0.5) is 11.4 Å². The Bertz CT molecular complexity index is 1300. The van der Waals surface area contributed by atoms with Crippen molar-refractivity contribution in [3.8, 4) is 17.2 Å². The molecule has 0 saturated carbocycles. The standard InChI is InChI=1S/C27H25BrN2O6/c1-3-34-20-13-9-8-12-19(20)29-26(32)22-23(16-14-18(28)24(31)21(15-16)35-4-2)30(36-25(22)27(29)33)17-10-6-5-7-11-17/h5-15,22-23,25,31H,3-4H2,1-2H3. The molecule has 0 spiro atoms. The number of halogens is 1. The Hall–Kier alpha value is -3.56. The Labute approximate surface area is 217 Å². The summed E-state index contributed by atoms with van der Waals surface area (Å²) < 4.78 is 11.7. The van der Waals surface area contributed by atoms with Crippen molar-refractivity contribution in [2.45, 2.75) is 26.0 Å². The normalized spacial score (nSPS) is 21.1. The molecule has 2 fully saturated rings. The van der Waals surface area contributed by atoms with Crippen LogP contribution in [0.5, 0.6) is 17.2 Å². The fourth-order valence-corrected chi connectivity index (χ4v) is 5.20. The van der Waals surface area contributed by atoms with Crippen LogP contribution in [0.2, 0.25) is 0 Å². The fourth-order valence-electron chi connectivity index (χ4n) is 4.74. The van der Waals surface area contributed by atoms with E-state index in [2.05, 4.69) is 15.9 Å². The summed E-state index contributed by atoms with van der Waals surface area (Å²) in [5, 5.41) is 12.1. The lowest BCUT2D eigenvalue weighted by molar-refractivity contribution is -0.126. The first-order valence-electron chi connectivity index (χ1n) is 11.7. The van der Waals surface area contributed by atoms with E-state index in [0.29, 0.717) is 40.4 Å². The zero-order valence-electron chi connectivity index (χ0n) is 19.8. The number of hydroxylamine groups is 1. The van der Waals surface area contributed by atoms with Gasteiger partial charge in [-0.3, -0.25) is 14.4 Å². The van der Waals surface area contributed by atoms with Crippen LogP contribution in [0, 0.1) is 5.92 Å². The maximum Gasteiger partial charge on any atom is 0.266 e. The molecular formula is C27H25BrN2O6. The first-order valence-corrected chi connectivity index (χ1v) is 12.5. The monoisotopic (exact) mass is 552 g/mol. The number of ether oxygens (including phenoxy) is 2. The molecule has 36 heavy (non-hydrogen) atoms. The van der Waals surface area contributed by atoms with E-state index in [9.17, 15) is 14.7 Å². The van der Waals surface area contributed by atoms with Gasteiger partial charge in [-0.25, -0.2) is 9.96 Å². The molecule has 0 aliphatic carbocycles. The summed E-state index contributed by atoms with van der Waals surface area (Å²) in [6.07, 6.45) is -1.03. The van der Waals surface area contributed by atoms with Crippen LogP contribution >= 0.6 is 15.9 Å². The summed E-state index contributed by atoms with van der Waals surface area (Å²) in [5.74, 6) is -0.995. The number of imide groups is 1. The van der Waals surface area contributed by atoms with E-state index < -0.39 is 24.0 Å². The lowest BCUT2D eigenvalue weighted by atomic mass is 9.90. The van der Waals surface area contributed by atoms with Gasteiger partial charge in [0, 0.05) is 0 Å². The second kappa shape index (κ2) is 9.83. The molecule has 2 aliphatic rings. The van der Waals surface area contributed by atoms with E-state index >= 15 is 0 Å². The maximum atomic E-state index is 13.9. The number of fused-ring (bicyclic) bond motifs is 1. The number of phenols is 1. The maximum absolute atomic E-state index is 13.9. The molecule has 2 heterocycles. The number of nitrogens with zero attached hydrogens (tertiary/aromatic N) is 2. The second-order valence-electron chi connectivity index (χ2n) is 8.35. The third-order valence-electron chi connectivity index (χ3n) is 6.22. The number of phenolic OH excluding ortho intramolecular Hbond substituents is 1. The topological polar surface area (TPSA) is 88.5 Å². The van der Waals surface area contributed by atoms with Gasteiger partial charge in [0.25, 0.3) is 5.91 Å². The molecule has 0 radical (unpaired) electrons. The minimum absolute atomic E-state index is 0.0385. The molecule has 2 saturated heterocycles. The van der Waals surface area contributed by atoms with Crippen molar-refractivity contribution in [3.05, 3.63) is 76.8 Å². The highest BCUT2D eigenvalue weighted by molar-refractivity contribution is 9.10. The Morgan fingerprint density at radius 3 is 2.31 bits per heavy atom. The van der Waals surface area contributed by atoms with Crippen LogP contribution in [0.25, 0.3) is 0 Å². The molecule has 186 valence electrons. The molecule has 1 N–H and O–H groups in total. The van der Waals surface area contributed by atoms with Gasteiger partial charge in [-0.2, -0.15) is 0 Å². The van der Waals surface area contributed by atoms with Crippen LogP contribution in [0.3, 0.4) is 0 Å². The third kappa shape index (κ3) is 3.98. The Morgan fingerprint density at radius 1 is 0.917 bits per heavy atom. The summed E-state index contributed by atoms with van der Waals surface area (Å²) in [7, 11) is 0. The van der Waals surface area contributed by atoms with Gasteiger partial charge in [-0.1, -0.05) is 30.3 Å². The summed E-state index contributed by atoms with van der Waals surface area (Å²) >= 11 is 3.40. The molecule has 2 amide bonds. The summed E-state index contributed by atoms with van der Waals surface area (Å²) in [5.41, 5.74) is 1.74. The molecule has 5 rings (SSSR count).